The summed E-state index contributed by atoms with van der Waals surface area (Å²) in [4.78, 5) is 8.44. The van der Waals surface area contributed by atoms with Crippen LogP contribution in [0.2, 0.25) is 0 Å². The van der Waals surface area contributed by atoms with Crippen molar-refractivity contribution >= 4 is 87.4 Å². The number of para-hydroxylation sites is 4. The molecule has 246 valence electrons. The van der Waals surface area contributed by atoms with Crippen molar-refractivity contribution in [1.29, 1.82) is 0 Å². The minimum Gasteiger partial charge on any atom is -0.353 e. The molecule has 10 rings (SSSR count). The van der Waals surface area contributed by atoms with Crippen molar-refractivity contribution in [2.45, 2.75) is 0 Å². The van der Waals surface area contributed by atoms with Gasteiger partial charge in [-0.3, -0.25) is 0 Å². The first-order valence-electron chi connectivity index (χ1n) is 17.6. The number of rotatable bonds is 7. The Labute approximate surface area is 306 Å². The van der Waals surface area contributed by atoms with Crippen molar-refractivity contribution in [2.75, 3.05) is 9.80 Å². The van der Waals surface area contributed by atoms with Gasteiger partial charge >= 0.3 is 0 Å². The molecular weight excluding hydrogens is 651 g/mol. The lowest BCUT2D eigenvalue weighted by Crippen LogP contribution is -2.10. The van der Waals surface area contributed by atoms with Crippen LogP contribution >= 0.6 is 11.3 Å². The number of fused-ring (bicyclic) bond motifs is 6. The molecule has 0 atom stereocenters. The highest BCUT2D eigenvalue weighted by Gasteiger charge is 2.19. The average Bonchev–Trinajstić information content (AvgIpc) is 3.79. The van der Waals surface area contributed by atoms with Gasteiger partial charge in [-0.05, 0) is 83.9 Å². The Morgan fingerprint density at radius 1 is 0.346 bits per heavy atom. The molecule has 1 N–H and O–H groups in total. The fourth-order valence-corrected chi connectivity index (χ4v) is 8.77. The lowest BCUT2D eigenvalue weighted by molar-refractivity contribution is 1.29. The predicted molar refractivity (Wildman–Crippen MR) is 223 cm³/mol. The monoisotopic (exact) mass is 683 g/mol. The van der Waals surface area contributed by atoms with Crippen LogP contribution in [0.4, 0.5) is 34.1 Å². The molecule has 0 radical (unpaired) electrons. The molecule has 0 fully saturated rings. The van der Waals surface area contributed by atoms with Gasteiger partial charge in [-0.15, -0.1) is 11.3 Å². The van der Waals surface area contributed by atoms with Gasteiger partial charge in [-0.2, -0.15) is 0 Å². The van der Waals surface area contributed by atoms with E-state index < -0.39 is 0 Å². The molecule has 2 aromatic heterocycles. The highest BCUT2D eigenvalue weighted by atomic mass is 32.1. The third-order valence-electron chi connectivity index (χ3n) is 10.00. The molecule has 0 bridgehead atoms. The summed E-state index contributed by atoms with van der Waals surface area (Å²) in [5, 5.41) is 5.05. The normalized spacial score (nSPS) is 11.5. The predicted octanol–water partition coefficient (Wildman–Crippen LogP) is 14.3. The quantitative estimate of drug-likeness (QED) is 0.181. The number of H-pyrrole nitrogens is 1. The van der Waals surface area contributed by atoms with E-state index in [0.29, 0.717) is 0 Å². The van der Waals surface area contributed by atoms with Crippen LogP contribution in [0.3, 0.4) is 0 Å². The Balaban J connectivity index is 1.03. The van der Waals surface area contributed by atoms with Gasteiger partial charge in [-0.25, -0.2) is 0 Å². The topological polar surface area (TPSA) is 22.3 Å². The molecule has 2 heterocycles. The summed E-state index contributed by atoms with van der Waals surface area (Å²) in [6.45, 7) is 0. The summed E-state index contributed by atoms with van der Waals surface area (Å²) >= 11 is 1.86. The summed E-state index contributed by atoms with van der Waals surface area (Å²) in [6, 6.07) is 69.7. The molecule has 0 unspecified atom stereocenters. The zero-order valence-electron chi connectivity index (χ0n) is 28.3. The lowest BCUT2D eigenvalue weighted by Gasteiger charge is -2.26. The van der Waals surface area contributed by atoms with Crippen molar-refractivity contribution in [3.63, 3.8) is 0 Å². The Kier molecular flexibility index (Phi) is 7.33. The van der Waals surface area contributed by atoms with Crippen LogP contribution in [0, 0.1) is 0 Å². The molecule has 0 aliphatic heterocycles. The van der Waals surface area contributed by atoms with Crippen molar-refractivity contribution in [3.8, 4) is 11.1 Å². The molecule has 3 nitrogen and oxygen atoms in total. The van der Waals surface area contributed by atoms with E-state index in [-0.39, 0.29) is 0 Å². The van der Waals surface area contributed by atoms with E-state index >= 15 is 0 Å². The molecular formula is C48H33N3S. The summed E-state index contributed by atoms with van der Waals surface area (Å²) in [5.74, 6) is 0. The number of thiophene rings is 1. The largest absolute Gasteiger partial charge is 0.353 e. The first-order valence-corrected chi connectivity index (χ1v) is 18.4. The first kappa shape index (κ1) is 30.2. The molecule has 0 saturated heterocycles. The number of aromatic nitrogens is 1. The van der Waals surface area contributed by atoms with Gasteiger partial charge in [0.05, 0.1) is 21.6 Å². The van der Waals surface area contributed by atoms with Crippen LogP contribution in [0.1, 0.15) is 0 Å². The zero-order chi connectivity index (χ0) is 34.4. The second kappa shape index (κ2) is 12.6. The van der Waals surface area contributed by atoms with Crippen molar-refractivity contribution in [3.05, 3.63) is 194 Å². The SMILES string of the molecule is c1ccc(N(c2ccc(-c3ccc(N(c4ccccc4)c4cccc5c4sc4ccccc45)cc3)cc2)c2cccc3c2[nH]c2ccccc23)cc1. The summed E-state index contributed by atoms with van der Waals surface area (Å²) in [7, 11) is 0. The van der Waals surface area contributed by atoms with Gasteiger partial charge in [0.15, 0.2) is 0 Å². The summed E-state index contributed by atoms with van der Waals surface area (Å²) in [6.07, 6.45) is 0. The van der Waals surface area contributed by atoms with Crippen molar-refractivity contribution in [2.24, 2.45) is 0 Å². The van der Waals surface area contributed by atoms with Crippen molar-refractivity contribution in [1.82, 2.24) is 4.98 Å². The maximum Gasteiger partial charge on any atom is 0.0709 e. The summed E-state index contributed by atoms with van der Waals surface area (Å²) < 4.78 is 2.60. The maximum atomic E-state index is 3.71. The third-order valence-corrected chi connectivity index (χ3v) is 11.2. The van der Waals surface area contributed by atoms with E-state index in [2.05, 4.69) is 209 Å². The van der Waals surface area contributed by atoms with Crippen molar-refractivity contribution < 1.29 is 0 Å². The number of anilines is 6. The molecule has 0 amide bonds. The minimum absolute atomic E-state index is 1.10. The van der Waals surface area contributed by atoms with E-state index in [1.165, 1.54) is 47.8 Å². The highest BCUT2D eigenvalue weighted by molar-refractivity contribution is 7.26. The maximum absolute atomic E-state index is 3.71. The molecule has 8 aromatic carbocycles. The first-order chi connectivity index (χ1) is 25.8. The lowest BCUT2D eigenvalue weighted by atomic mass is 10.0. The standard InChI is InChI=1S/C48H33N3S/c1-3-13-35(14-4-1)50(44-22-11-19-41-39-17-7-9-21-43(39)49-47(41)44)37-29-25-33(26-30-37)34-27-31-38(32-28-34)51(36-15-5-2-6-16-36)45-23-12-20-42-40-18-8-10-24-46(40)52-48(42)45/h1-32,49H. The van der Waals surface area contributed by atoms with E-state index in [1.54, 1.807) is 0 Å². The number of aromatic amines is 1. The van der Waals surface area contributed by atoms with E-state index in [4.69, 9.17) is 0 Å². The summed E-state index contributed by atoms with van der Waals surface area (Å²) in [5.41, 5.74) is 11.4. The van der Waals surface area contributed by atoms with Gasteiger partial charge < -0.3 is 14.8 Å². The second-order valence-electron chi connectivity index (χ2n) is 13.1. The van der Waals surface area contributed by atoms with E-state index in [1.807, 2.05) is 11.3 Å². The van der Waals surface area contributed by atoms with Gasteiger partial charge in [0.1, 0.15) is 0 Å². The van der Waals surface area contributed by atoms with E-state index in [9.17, 15) is 0 Å². The van der Waals surface area contributed by atoms with E-state index in [0.717, 1.165) is 39.5 Å². The van der Waals surface area contributed by atoms with Crippen LogP contribution in [0.5, 0.6) is 0 Å². The number of hydrogen-bond donors (Lipinski definition) is 1. The molecule has 0 spiro atoms. The molecule has 0 aliphatic rings. The van der Waals surface area contributed by atoms with Gasteiger partial charge in [0.2, 0.25) is 0 Å². The van der Waals surface area contributed by atoms with Crippen LogP contribution in [-0.4, -0.2) is 4.98 Å². The number of benzene rings is 8. The number of hydrogen-bond acceptors (Lipinski definition) is 3. The Morgan fingerprint density at radius 3 is 1.48 bits per heavy atom. The Morgan fingerprint density at radius 2 is 0.827 bits per heavy atom. The molecule has 10 aromatic rings. The molecule has 0 aliphatic carbocycles. The average molecular weight is 684 g/mol. The molecule has 52 heavy (non-hydrogen) atoms. The second-order valence-corrected chi connectivity index (χ2v) is 14.1. The molecule has 0 saturated carbocycles. The third kappa shape index (κ3) is 5.12. The van der Waals surface area contributed by atoms with Crippen LogP contribution < -0.4 is 9.80 Å². The zero-order valence-corrected chi connectivity index (χ0v) is 29.1. The fraction of sp³-hybridized carbons (Fsp3) is 0. The van der Waals surface area contributed by atoms with Crippen LogP contribution in [0.15, 0.2) is 194 Å². The Hall–Kier alpha value is -6.62. The smallest absolute Gasteiger partial charge is 0.0709 e. The fourth-order valence-electron chi connectivity index (χ4n) is 7.57. The van der Waals surface area contributed by atoms with Gasteiger partial charge in [-0.1, -0.05) is 121 Å². The molecule has 4 heteroatoms. The highest BCUT2D eigenvalue weighted by Crippen LogP contribution is 2.45. The van der Waals surface area contributed by atoms with Crippen LogP contribution in [0.25, 0.3) is 53.1 Å². The van der Waals surface area contributed by atoms with Gasteiger partial charge in [0.25, 0.3) is 0 Å². The number of nitrogens with zero attached hydrogens (tertiary/aromatic N) is 2. The Bertz CT molecular complexity index is 2640. The minimum atomic E-state index is 1.10. The van der Waals surface area contributed by atoms with Crippen LogP contribution in [-0.2, 0) is 0 Å². The number of nitrogens with one attached hydrogen (secondary N) is 1. The van der Waals surface area contributed by atoms with Gasteiger partial charge in [0, 0.05) is 54.5 Å².